The molecule has 1 fully saturated rings. The van der Waals surface area contributed by atoms with Crippen LogP contribution >= 0.6 is 0 Å². The predicted molar refractivity (Wildman–Crippen MR) is 76.4 cm³/mol. The number of hydrogen-bond donors (Lipinski definition) is 1. The van der Waals surface area contributed by atoms with Crippen LogP contribution in [0.3, 0.4) is 0 Å². The molecule has 2 heteroatoms. The highest BCUT2D eigenvalue weighted by atomic mass is 15.2. The van der Waals surface area contributed by atoms with Crippen molar-refractivity contribution in [3.05, 3.63) is 48.0 Å². The molecule has 0 radical (unpaired) electrons. The first-order valence-corrected chi connectivity index (χ1v) is 6.79. The molecule has 1 aliphatic rings. The zero-order chi connectivity index (χ0) is 12.4. The Bertz CT molecular complexity index is 530. The Kier molecular flexibility index (Phi) is 3.31. The second-order valence-electron chi connectivity index (χ2n) is 5.14. The molecule has 1 atom stereocenters. The van der Waals surface area contributed by atoms with Gasteiger partial charge in [0.05, 0.1) is 0 Å². The van der Waals surface area contributed by atoms with E-state index in [0.717, 1.165) is 13.1 Å². The molecule has 0 saturated carbocycles. The highest BCUT2D eigenvalue weighted by Crippen LogP contribution is 2.24. The summed E-state index contributed by atoms with van der Waals surface area (Å²) in [5.41, 5.74) is 7.27. The Morgan fingerprint density at radius 2 is 1.94 bits per heavy atom. The number of nitrogens with two attached hydrogens (primary N) is 1. The monoisotopic (exact) mass is 240 g/mol. The van der Waals surface area contributed by atoms with Gasteiger partial charge in [-0.05, 0) is 35.7 Å². The third-order valence-corrected chi connectivity index (χ3v) is 4.02. The van der Waals surface area contributed by atoms with E-state index in [4.69, 9.17) is 5.73 Å². The Hall–Kier alpha value is -1.38. The molecule has 0 amide bonds. The van der Waals surface area contributed by atoms with Gasteiger partial charge in [0.25, 0.3) is 0 Å². The van der Waals surface area contributed by atoms with E-state index >= 15 is 0 Å². The van der Waals surface area contributed by atoms with Gasteiger partial charge in [-0.2, -0.15) is 0 Å². The Morgan fingerprint density at radius 1 is 1.11 bits per heavy atom. The predicted octanol–water partition coefficient (Wildman–Crippen LogP) is 2.76. The van der Waals surface area contributed by atoms with E-state index in [1.54, 1.807) is 0 Å². The van der Waals surface area contributed by atoms with Gasteiger partial charge in [0.15, 0.2) is 0 Å². The SMILES string of the molecule is NC[C@H]1CCCN1Cc1cccc2ccccc12. The van der Waals surface area contributed by atoms with E-state index in [1.807, 2.05) is 0 Å². The maximum absolute atomic E-state index is 5.85. The first-order chi connectivity index (χ1) is 8.88. The molecule has 0 unspecified atom stereocenters. The molecule has 0 aliphatic carbocycles. The van der Waals surface area contributed by atoms with Gasteiger partial charge >= 0.3 is 0 Å². The lowest BCUT2D eigenvalue weighted by molar-refractivity contribution is 0.251. The number of hydrogen-bond acceptors (Lipinski definition) is 2. The van der Waals surface area contributed by atoms with Gasteiger partial charge < -0.3 is 5.73 Å². The molecule has 2 aromatic rings. The van der Waals surface area contributed by atoms with Gasteiger partial charge in [0.2, 0.25) is 0 Å². The van der Waals surface area contributed by atoms with Crippen molar-refractivity contribution >= 4 is 10.8 Å². The van der Waals surface area contributed by atoms with Crippen molar-refractivity contribution in [2.45, 2.75) is 25.4 Å². The topological polar surface area (TPSA) is 29.3 Å². The highest BCUT2D eigenvalue weighted by Gasteiger charge is 2.23. The smallest absolute Gasteiger partial charge is 0.0243 e. The molecule has 18 heavy (non-hydrogen) atoms. The molecule has 0 spiro atoms. The summed E-state index contributed by atoms with van der Waals surface area (Å²) in [5.74, 6) is 0. The van der Waals surface area contributed by atoms with Crippen LogP contribution in [0.4, 0.5) is 0 Å². The maximum Gasteiger partial charge on any atom is 0.0243 e. The number of rotatable bonds is 3. The van der Waals surface area contributed by atoms with Crippen LogP contribution < -0.4 is 5.73 Å². The average Bonchev–Trinajstić information content (AvgIpc) is 2.86. The van der Waals surface area contributed by atoms with Crippen molar-refractivity contribution in [1.29, 1.82) is 0 Å². The molecular weight excluding hydrogens is 220 g/mol. The number of fused-ring (bicyclic) bond motifs is 1. The van der Waals surface area contributed by atoms with Crippen LogP contribution in [-0.2, 0) is 6.54 Å². The second-order valence-corrected chi connectivity index (χ2v) is 5.14. The fourth-order valence-corrected chi connectivity index (χ4v) is 3.02. The van der Waals surface area contributed by atoms with Crippen LogP contribution in [0.2, 0.25) is 0 Å². The lowest BCUT2D eigenvalue weighted by Gasteiger charge is -2.23. The van der Waals surface area contributed by atoms with E-state index in [0.29, 0.717) is 6.04 Å². The summed E-state index contributed by atoms with van der Waals surface area (Å²) in [7, 11) is 0. The van der Waals surface area contributed by atoms with E-state index < -0.39 is 0 Å². The molecule has 2 nitrogen and oxygen atoms in total. The van der Waals surface area contributed by atoms with Crippen LogP contribution in [0.5, 0.6) is 0 Å². The molecule has 1 aliphatic heterocycles. The van der Waals surface area contributed by atoms with Crippen LogP contribution in [0.15, 0.2) is 42.5 Å². The fraction of sp³-hybridized carbons (Fsp3) is 0.375. The van der Waals surface area contributed by atoms with Crippen molar-refractivity contribution in [3.63, 3.8) is 0 Å². The van der Waals surface area contributed by atoms with Crippen molar-refractivity contribution < 1.29 is 0 Å². The number of nitrogens with zero attached hydrogens (tertiary/aromatic N) is 1. The molecule has 1 heterocycles. The van der Waals surface area contributed by atoms with Gasteiger partial charge in [-0.15, -0.1) is 0 Å². The number of likely N-dealkylation sites (tertiary alicyclic amines) is 1. The van der Waals surface area contributed by atoms with Crippen LogP contribution in [0.1, 0.15) is 18.4 Å². The van der Waals surface area contributed by atoms with Crippen molar-refractivity contribution in [1.82, 2.24) is 4.90 Å². The summed E-state index contributed by atoms with van der Waals surface area (Å²) in [6.07, 6.45) is 2.54. The van der Waals surface area contributed by atoms with Gasteiger partial charge in [-0.1, -0.05) is 42.5 Å². The molecule has 2 aromatic carbocycles. The van der Waals surface area contributed by atoms with Crippen molar-refractivity contribution in [2.24, 2.45) is 5.73 Å². The summed E-state index contributed by atoms with van der Waals surface area (Å²) in [4.78, 5) is 2.53. The molecule has 0 bridgehead atoms. The summed E-state index contributed by atoms with van der Waals surface area (Å²) in [5, 5.41) is 2.71. The lowest BCUT2D eigenvalue weighted by atomic mass is 10.0. The van der Waals surface area contributed by atoms with Crippen molar-refractivity contribution in [2.75, 3.05) is 13.1 Å². The minimum Gasteiger partial charge on any atom is -0.329 e. The maximum atomic E-state index is 5.85. The molecule has 2 N–H and O–H groups in total. The van der Waals surface area contributed by atoms with Crippen LogP contribution in [0, 0.1) is 0 Å². The summed E-state index contributed by atoms with van der Waals surface area (Å²) in [6, 6.07) is 15.8. The standard InChI is InChI=1S/C16H20N2/c17-11-15-8-4-10-18(15)12-14-7-3-6-13-5-1-2-9-16(13)14/h1-3,5-7,9,15H,4,8,10-12,17H2/t15-/m1/s1. The van der Waals surface area contributed by atoms with Gasteiger partial charge in [-0.25, -0.2) is 0 Å². The minimum atomic E-state index is 0.573. The fourth-order valence-electron chi connectivity index (χ4n) is 3.02. The van der Waals surface area contributed by atoms with Crippen molar-refractivity contribution in [3.8, 4) is 0 Å². The quantitative estimate of drug-likeness (QED) is 0.894. The zero-order valence-electron chi connectivity index (χ0n) is 10.7. The zero-order valence-corrected chi connectivity index (χ0v) is 10.7. The van der Waals surface area contributed by atoms with E-state index in [2.05, 4.69) is 47.4 Å². The summed E-state index contributed by atoms with van der Waals surface area (Å²) in [6.45, 7) is 3.00. The van der Waals surface area contributed by atoms with Gasteiger partial charge in [-0.3, -0.25) is 4.90 Å². The average molecular weight is 240 g/mol. The third-order valence-electron chi connectivity index (χ3n) is 4.02. The summed E-state index contributed by atoms with van der Waals surface area (Å²) < 4.78 is 0. The Morgan fingerprint density at radius 3 is 2.83 bits per heavy atom. The Labute approximate surface area is 108 Å². The molecule has 1 saturated heterocycles. The second kappa shape index (κ2) is 5.09. The van der Waals surface area contributed by atoms with Gasteiger partial charge in [0.1, 0.15) is 0 Å². The van der Waals surface area contributed by atoms with Gasteiger partial charge in [0, 0.05) is 19.1 Å². The molecule has 3 rings (SSSR count). The van der Waals surface area contributed by atoms with E-state index in [-0.39, 0.29) is 0 Å². The number of benzene rings is 2. The normalized spacial score (nSPS) is 20.6. The first kappa shape index (κ1) is 11.7. The highest BCUT2D eigenvalue weighted by molar-refractivity contribution is 5.85. The van der Waals surface area contributed by atoms with Crippen LogP contribution in [0.25, 0.3) is 10.8 Å². The van der Waals surface area contributed by atoms with E-state index in [9.17, 15) is 0 Å². The molecule has 94 valence electrons. The first-order valence-electron chi connectivity index (χ1n) is 6.79. The van der Waals surface area contributed by atoms with Crippen LogP contribution in [-0.4, -0.2) is 24.0 Å². The largest absolute Gasteiger partial charge is 0.329 e. The molecular formula is C16H20N2. The van der Waals surface area contributed by atoms with E-state index in [1.165, 1.54) is 35.7 Å². The Balaban J connectivity index is 1.90. The summed E-state index contributed by atoms with van der Waals surface area (Å²) >= 11 is 0. The molecule has 0 aromatic heterocycles. The lowest BCUT2D eigenvalue weighted by Crippen LogP contribution is -2.34. The third kappa shape index (κ3) is 2.14. The minimum absolute atomic E-state index is 0.573.